The molecule has 1 unspecified atom stereocenters. The van der Waals surface area contributed by atoms with Crippen molar-refractivity contribution in [2.24, 2.45) is 5.92 Å². The van der Waals surface area contributed by atoms with Gasteiger partial charge in [0.2, 0.25) is 0 Å². The molecule has 2 N–H and O–H groups in total. The van der Waals surface area contributed by atoms with Gasteiger partial charge in [-0.2, -0.15) is 0 Å². The second-order valence-electron chi connectivity index (χ2n) is 6.59. The Labute approximate surface area is 139 Å². The number of carboxylic acid groups (broad SMARTS) is 1. The van der Waals surface area contributed by atoms with Crippen LogP contribution in [0.4, 0.5) is 0 Å². The minimum absolute atomic E-state index is 0.0227. The van der Waals surface area contributed by atoms with E-state index in [1.54, 1.807) is 0 Å². The number of nitrogens with one attached hydrogen (secondary N) is 1. The second-order valence-corrected chi connectivity index (χ2v) is 7.65. The first-order valence-corrected chi connectivity index (χ1v) is 8.95. The number of carbonyl (C=O) groups excluding carboxylic acids is 1. The number of amides is 1. The SMILES string of the molecule is CC1CCC(NC(=O)c2cnc(C3CCCO3)s2)(C(=O)O)CC1. The summed E-state index contributed by atoms with van der Waals surface area (Å²) in [5.74, 6) is -0.779. The average Bonchev–Trinajstić information content (AvgIpc) is 3.20. The fraction of sp³-hybridized carbons (Fsp3) is 0.688. The van der Waals surface area contributed by atoms with Crippen molar-refractivity contribution < 1.29 is 19.4 Å². The van der Waals surface area contributed by atoms with Crippen LogP contribution < -0.4 is 5.32 Å². The Hall–Kier alpha value is -1.47. The normalized spacial score (nSPS) is 31.0. The maximum absolute atomic E-state index is 12.5. The van der Waals surface area contributed by atoms with Crippen LogP contribution in [0.15, 0.2) is 6.20 Å². The van der Waals surface area contributed by atoms with Crippen LogP contribution in [0.2, 0.25) is 0 Å². The fourth-order valence-corrected chi connectivity index (χ4v) is 4.14. The van der Waals surface area contributed by atoms with E-state index in [9.17, 15) is 14.7 Å². The third kappa shape index (κ3) is 3.40. The summed E-state index contributed by atoms with van der Waals surface area (Å²) < 4.78 is 5.57. The highest BCUT2D eigenvalue weighted by atomic mass is 32.1. The van der Waals surface area contributed by atoms with E-state index >= 15 is 0 Å². The average molecular weight is 338 g/mol. The van der Waals surface area contributed by atoms with Gasteiger partial charge in [-0.15, -0.1) is 11.3 Å². The summed E-state index contributed by atoms with van der Waals surface area (Å²) in [6.07, 6.45) is 6.02. The van der Waals surface area contributed by atoms with Crippen LogP contribution in [-0.4, -0.2) is 34.1 Å². The summed E-state index contributed by atoms with van der Waals surface area (Å²) >= 11 is 1.30. The standard InChI is InChI=1S/C16H22N2O4S/c1-10-4-6-16(7-5-10,15(20)21)18-13(19)12-9-17-14(23-12)11-3-2-8-22-11/h9-11H,2-8H2,1H3,(H,18,19)(H,20,21). The van der Waals surface area contributed by atoms with Gasteiger partial charge in [-0.25, -0.2) is 9.78 Å². The lowest BCUT2D eigenvalue weighted by atomic mass is 9.77. The molecule has 1 atom stereocenters. The third-order valence-electron chi connectivity index (χ3n) is 4.84. The minimum Gasteiger partial charge on any atom is -0.480 e. The van der Waals surface area contributed by atoms with Crippen molar-refractivity contribution >= 4 is 23.2 Å². The lowest BCUT2D eigenvalue weighted by Gasteiger charge is -2.36. The number of rotatable bonds is 4. The molecular weight excluding hydrogens is 316 g/mol. The van der Waals surface area contributed by atoms with E-state index in [2.05, 4.69) is 17.2 Å². The maximum atomic E-state index is 12.5. The highest BCUT2D eigenvalue weighted by Crippen LogP contribution is 2.34. The van der Waals surface area contributed by atoms with Crippen molar-refractivity contribution in [2.45, 2.75) is 57.1 Å². The zero-order valence-electron chi connectivity index (χ0n) is 13.2. The molecule has 2 aliphatic rings. The smallest absolute Gasteiger partial charge is 0.329 e. The van der Waals surface area contributed by atoms with E-state index in [4.69, 9.17) is 4.74 Å². The molecule has 2 fully saturated rings. The summed E-state index contributed by atoms with van der Waals surface area (Å²) in [5.41, 5.74) is -1.14. The first kappa shape index (κ1) is 16.4. The molecule has 2 heterocycles. The molecule has 0 bridgehead atoms. The Bertz CT molecular complexity index is 587. The first-order chi connectivity index (χ1) is 11.0. The molecular formula is C16H22N2O4S. The zero-order chi connectivity index (χ0) is 16.4. The van der Waals surface area contributed by atoms with E-state index in [1.807, 2.05) is 0 Å². The van der Waals surface area contributed by atoms with Gasteiger partial charge in [-0.05, 0) is 44.4 Å². The number of ether oxygens (including phenoxy) is 1. The van der Waals surface area contributed by atoms with Gasteiger partial charge < -0.3 is 15.2 Å². The molecule has 1 aromatic heterocycles. The Balaban J connectivity index is 1.71. The summed E-state index contributed by atoms with van der Waals surface area (Å²) in [6, 6.07) is 0. The highest BCUT2D eigenvalue weighted by Gasteiger charge is 2.42. The maximum Gasteiger partial charge on any atom is 0.329 e. The Kier molecular flexibility index (Phi) is 4.68. The Morgan fingerprint density at radius 1 is 1.39 bits per heavy atom. The van der Waals surface area contributed by atoms with Crippen molar-refractivity contribution in [2.75, 3.05) is 6.61 Å². The van der Waals surface area contributed by atoms with Crippen molar-refractivity contribution in [3.8, 4) is 0 Å². The van der Waals surface area contributed by atoms with E-state index < -0.39 is 11.5 Å². The molecule has 7 heteroatoms. The van der Waals surface area contributed by atoms with Gasteiger partial charge in [0.15, 0.2) is 0 Å². The molecule has 0 aromatic carbocycles. The molecule has 6 nitrogen and oxygen atoms in total. The number of hydrogen-bond donors (Lipinski definition) is 2. The van der Waals surface area contributed by atoms with Gasteiger partial charge >= 0.3 is 5.97 Å². The molecule has 1 aliphatic carbocycles. The fourth-order valence-electron chi connectivity index (χ4n) is 3.24. The van der Waals surface area contributed by atoms with Crippen LogP contribution >= 0.6 is 11.3 Å². The van der Waals surface area contributed by atoms with Gasteiger partial charge in [-0.3, -0.25) is 4.79 Å². The summed E-state index contributed by atoms with van der Waals surface area (Å²) in [6.45, 7) is 2.84. The van der Waals surface area contributed by atoms with Gasteiger partial charge in [0, 0.05) is 6.61 Å². The van der Waals surface area contributed by atoms with Gasteiger partial charge in [0.05, 0.1) is 6.20 Å². The lowest BCUT2D eigenvalue weighted by Crippen LogP contribution is -2.56. The van der Waals surface area contributed by atoms with Crippen LogP contribution in [0.25, 0.3) is 0 Å². The molecule has 1 aliphatic heterocycles. The molecule has 0 spiro atoms. The molecule has 1 saturated carbocycles. The first-order valence-electron chi connectivity index (χ1n) is 8.13. The van der Waals surface area contributed by atoms with Crippen LogP contribution in [0.3, 0.4) is 0 Å². The van der Waals surface area contributed by atoms with Crippen LogP contribution in [-0.2, 0) is 9.53 Å². The van der Waals surface area contributed by atoms with Gasteiger partial charge in [0.1, 0.15) is 21.5 Å². The van der Waals surface area contributed by atoms with Crippen molar-refractivity contribution in [1.82, 2.24) is 10.3 Å². The second kappa shape index (κ2) is 6.57. The van der Waals surface area contributed by atoms with E-state index in [0.29, 0.717) is 23.6 Å². The van der Waals surface area contributed by atoms with E-state index in [1.165, 1.54) is 17.5 Å². The molecule has 0 radical (unpaired) electrons. The number of aromatic nitrogens is 1. The number of hydrogen-bond acceptors (Lipinski definition) is 5. The summed E-state index contributed by atoms with van der Waals surface area (Å²) in [7, 11) is 0. The third-order valence-corrected chi connectivity index (χ3v) is 5.93. The quantitative estimate of drug-likeness (QED) is 0.881. The minimum atomic E-state index is -1.14. The summed E-state index contributed by atoms with van der Waals surface area (Å²) in [4.78, 5) is 28.9. The molecule has 126 valence electrons. The summed E-state index contributed by atoms with van der Waals surface area (Å²) in [5, 5.41) is 13.2. The molecule has 1 amide bonds. The van der Waals surface area contributed by atoms with E-state index in [-0.39, 0.29) is 12.0 Å². The molecule has 23 heavy (non-hydrogen) atoms. The van der Waals surface area contributed by atoms with Crippen molar-refractivity contribution in [1.29, 1.82) is 0 Å². The van der Waals surface area contributed by atoms with Crippen molar-refractivity contribution in [3.63, 3.8) is 0 Å². The van der Waals surface area contributed by atoms with E-state index in [0.717, 1.165) is 37.3 Å². The monoisotopic (exact) mass is 338 g/mol. The predicted molar refractivity (Wildman–Crippen MR) is 85.5 cm³/mol. The zero-order valence-corrected chi connectivity index (χ0v) is 14.0. The predicted octanol–water partition coefficient (Wildman–Crippen LogP) is 2.76. The number of aliphatic carboxylic acids is 1. The number of nitrogens with zero attached hydrogens (tertiary/aromatic N) is 1. The lowest BCUT2D eigenvalue weighted by molar-refractivity contribution is -0.146. The van der Waals surface area contributed by atoms with Crippen LogP contribution in [0, 0.1) is 5.92 Å². The van der Waals surface area contributed by atoms with Crippen molar-refractivity contribution in [3.05, 3.63) is 16.1 Å². The Morgan fingerprint density at radius 3 is 2.74 bits per heavy atom. The Morgan fingerprint density at radius 2 is 2.13 bits per heavy atom. The topological polar surface area (TPSA) is 88.5 Å². The largest absolute Gasteiger partial charge is 0.480 e. The highest BCUT2D eigenvalue weighted by molar-refractivity contribution is 7.13. The van der Waals surface area contributed by atoms with Gasteiger partial charge in [0.25, 0.3) is 5.91 Å². The molecule has 1 saturated heterocycles. The molecule has 3 rings (SSSR count). The van der Waals surface area contributed by atoms with Crippen LogP contribution in [0.5, 0.6) is 0 Å². The van der Waals surface area contributed by atoms with Crippen LogP contribution in [0.1, 0.15) is 66.2 Å². The number of thiazole rings is 1. The molecule has 1 aromatic rings. The van der Waals surface area contributed by atoms with Gasteiger partial charge in [-0.1, -0.05) is 6.92 Å². The number of carboxylic acids is 1. The number of carbonyl (C=O) groups is 2.